The SMILES string of the molecule is Cc1nc(SCC(=O)N(C)C2CCCCC2)c2c(=O)n(C)c(=O)n(CC(C)C)c2n1. The first-order valence-corrected chi connectivity index (χ1v) is 11.6. The van der Waals surface area contributed by atoms with Crippen molar-refractivity contribution < 1.29 is 4.79 Å². The largest absolute Gasteiger partial charge is 0.342 e. The number of hydrogen-bond donors (Lipinski definition) is 0. The van der Waals surface area contributed by atoms with Gasteiger partial charge in [0.2, 0.25) is 5.91 Å². The molecule has 0 unspecified atom stereocenters. The number of rotatable bonds is 6. The number of hydrogen-bond acceptors (Lipinski definition) is 6. The monoisotopic (exact) mass is 433 g/mol. The molecule has 0 radical (unpaired) electrons. The molecular weight excluding hydrogens is 402 g/mol. The molecule has 0 saturated heterocycles. The van der Waals surface area contributed by atoms with Crippen molar-refractivity contribution in [2.75, 3.05) is 12.8 Å². The Morgan fingerprint density at radius 2 is 1.87 bits per heavy atom. The number of fused-ring (bicyclic) bond motifs is 1. The summed E-state index contributed by atoms with van der Waals surface area (Å²) in [6, 6.07) is 0.292. The molecule has 9 heteroatoms. The van der Waals surface area contributed by atoms with Gasteiger partial charge in [-0.05, 0) is 25.7 Å². The van der Waals surface area contributed by atoms with Crippen molar-refractivity contribution in [2.45, 2.75) is 70.5 Å². The van der Waals surface area contributed by atoms with Crippen molar-refractivity contribution in [2.24, 2.45) is 13.0 Å². The summed E-state index contributed by atoms with van der Waals surface area (Å²) >= 11 is 1.25. The summed E-state index contributed by atoms with van der Waals surface area (Å²) in [5, 5.41) is 0.766. The second kappa shape index (κ2) is 9.32. The summed E-state index contributed by atoms with van der Waals surface area (Å²) in [4.78, 5) is 49.1. The van der Waals surface area contributed by atoms with Crippen molar-refractivity contribution in [3.63, 3.8) is 0 Å². The molecule has 0 aliphatic heterocycles. The van der Waals surface area contributed by atoms with Crippen LogP contribution >= 0.6 is 11.8 Å². The topological polar surface area (TPSA) is 90.1 Å². The smallest absolute Gasteiger partial charge is 0.332 e. The van der Waals surface area contributed by atoms with Gasteiger partial charge in [-0.25, -0.2) is 14.8 Å². The van der Waals surface area contributed by atoms with Crippen LogP contribution in [0.3, 0.4) is 0 Å². The van der Waals surface area contributed by atoms with E-state index in [2.05, 4.69) is 9.97 Å². The van der Waals surface area contributed by atoms with Crippen LogP contribution in [0.1, 0.15) is 51.8 Å². The fraction of sp³-hybridized carbons (Fsp3) is 0.667. The lowest BCUT2D eigenvalue weighted by Gasteiger charge is -2.31. The molecule has 1 saturated carbocycles. The molecule has 0 bridgehead atoms. The fourth-order valence-corrected chi connectivity index (χ4v) is 4.96. The van der Waals surface area contributed by atoms with Crippen molar-refractivity contribution >= 4 is 28.7 Å². The second-order valence-electron chi connectivity index (χ2n) is 8.51. The van der Waals surface area contributed by atoms with Crippen molar-refractivity contribution in [1.82, 2.24) is 24.0 Å². The summed E-state index contributed by atoms with van der Waals surface area (Å²) in [6.07, 6.45) is 5.65. The maximum Gasteiger partial charge on any atom is 0.332 e. The molecule has 2 heterocycles. The van der Waals surface area contributed by atoms with Gasteiger partial charge in [0.25, 0.3) is 5.56 Å². The molecule has 0 aromatic carbocycles. The molecule has 1 amide bonds. The first kappa shape index (κ1) is 22.5. The Hall–Kier alpha value is -2.16. The van der Waals surface area contributed by atoms with Gasteiger partial charge in [0, 0.05) is 26.7 Å². The zero-order valence-electron chi connectivity index (χ0n) is 18.5. The third kappa shape index (κ3) is 4.61. The number of aromatic nitrogens is 4. The molecule has 0 spiro atoms. The van der Waals surface area contributed by atoms with Gasteiger partial charge in [-0.2, -0.15) is 0 Å². The van der Waals surface area contributed by atoms with Crippen LogP contribution in [0.15, 0.2) is 14.6 Å². The number of carbonyl (C=O) groups is 1. The first-order valence-electron chi connectivity index (χ1n) is 10.6. The molecule has 0 atom stereocenters. The van der Waals surface area contributed by atoms with E-state index in [-0.39, 0.29) is 23.3 Å². The maximum atomic E-state index is 12.9. The summed E-state index contributed by atoms with van der Waals surface area (Å²) in [6.45, 7) is 6.20. The van der Waals surface area contributed by atoms with Gasteiger partial charge < -0.3 is 4.90 Å². The lowest BCUT2D eigenvalue weighted by molar-refractivity contribution is -0.129. The molecule has 1 fully saturated rings. The molecule has 164 valence electrons. The van der Waals surface area contributed by atoms with E-state index < -0.39 is 5.56 Å². The van der Waals surface area contributed by atoms with E-state index in [0.717, 1.165) is 30.3 Å². The minimum Gasteiger partial charge on any atom is -0.342 e. The normalized spacial score (nSPS) is 15.1. The highest BCUT2D eigenvalue weighted by Gasteiger charge is 2.24. The second-order valence-corrected chi connectivity index (χ2v) is 9.47. The number of aryl methyl sites for hydroxylation is 1. The van der Waals surface area contributed by atoms with Gasteiger partial charge in [-0.3, -0.25) is 18.7 Å². The van der Waals surface area contributed by atoms with Crippen molar-refractivity contribution in [1.29, 1.82) is 0 Å². The van der Waals surface area contributed by atoms with Crippen LogP contribution in [0, 0.1) is 12.8 Å². The van der Waals surface area contributed by atoms with Crippen LogP contribution in [0.2, 0.25) is 0 Å². The van der Waals surface area contributed by atoms with Gasteiger partial charge in [-0.15, -0.1) is 0 Å². The van der Waals surface area contributed by atoms with Crippen LogP contribution in [0.4, 0.5) is 0 Å². The standard InChI is InChI=1S/C21H31N5O3S/c1-13(2)11-26-18-17(20(28)25(5)21(26)29)19(23-14(3)22-18)30-12-16(27)24(4)15-9-7-6-8-10-15/h13,15H,6-12H2,1-5H3. The molecule has 0 N–H and O–H groups in total. The van der Waals surface area contributed by atoms with E-state index in [0.29, 0.717) is 34.5 Å². The Kier molecular flexibility index (Phi) is 7.00. The zero-order chi connectivity index (χ0) is 22.0. The van der Waals surface area contributed by atoms with Crippen LogP contribution in [-0.2, 0) is 18.4 Å². The highest BCUT2D eigenvalue weighted by molar-refractivity contribution is 8.00. The van der Waals surface area contributed by atoms with Crippen LogP contribution in [-0.4, -0.2) is 48.8 Å². The number of nitrogens with zero attached hydrogens (tertiary/aromatic N) is 5. The lowest BCUT2D eigenvalue weighted by Crippen LogP contribution is -2.40. The minimum absolute atomic E-state index is 0.0311. The molecule has 8 nitrogen and oxygen atoms in total. The quantitative estimate of drug-likeness (QED) is 0.513. The van der Waals surface area contributed by atoms with E-state index in [4.69, 9.17) is 0 Å². The molecule has 2 aromatic heterocycles. The average molecular weight is 434 g/mol. The number of thioether (sulfide) groups is 1. The van der Waals surface area contributed by atoms with Gasteiger partial charge >= 0.3 is 5.69 Å². The van der Waals surface area contributed by atoms with Gasteiger partial charge in [0.05, 0.1) is 5.75 Å². The Bertz CT molecular complexity index is 1050. The van der Waals surface area contributed by atoms with Crippen LogP contribution in [0.25, 0.3) is 11.0 Å². The molecule has 30 heavy (non-hydrogen) atoms. The predicted octanol–water partition coefficient (Wildman–Crippen LogP) is 2.34. The fourth-order valence-electron chi connectivity index (χ4n) is 3.98. The summed E-state index contributed by atoms with van der Waals surface area (Å²) in [5.41, 5.74) is -0.464. The minimum atomic E-state index is -0.425. The maximum absolute atomic E-state index is 12.9. The number of carbonyl (C=O) groups excluding carboxylic acids is 1. The molecule has 2 aromatic rings. The first-order chi connectivity index (χ1) is 14.2. The summed E-state index contributed by atoms with van der Waals surface area (Å²) in [7, 11) is 3.33. The summed E-state index contributed by atoms with van der Waals surface area (Å²) < 4.78 is 2.64. The predicted molar refractivity (Wildman–Crippen MR) is 119 cm³/mol. The Labute approximate surface area is 180 Å². The van der Waals surface area contributed by atoms with E-state index in [1.54, 1.807) is 6.92 Å². The molecular formula is C21H31N5O3S. The zero-order valence-corrected chi connectivity index (χ0v) is 19.3. The van der Waals surface area contributed by atoms with E-state index in [1.165, 1.54) is 29.8 Å². The van der Waals surface area contributed by atoms with E-state index in [1.807, 2.05) is 25.8 Å². The van der Waals surface area contributed by atoms with E-state index >= 15 is 0 Å². The molecule has 1 aliphatic carbocycles. The average Bonchev–Trinajstić information content (AvgIpc) is 2.72. The van der Waals surface area contributed by atoms with Gasteiger partial charge in [0.15, 0.2) is 5.65 Å². The van der Waals surface area contributed by atoms with Crippen LogP contribution < -0.4 is 11.2 Å². The van der Waals surface area contributed by atoms with Crippen molar-refractivity contribution in [3.05, 3.63) is 26.7 Å². The van der Waals surface area contributed by atoms with E-state index in [9.17, 15) is 14.4 Å². The highest BCUT2D eigenvalue weighted by Crippen LogP contribution is 2.25. The van der Waals surface area contributed by atoms with Gasteiger partial charge in [0.1, 0.15) is 16.2 Å². The Morgan fingerprint density at radius 3 is 2.50 bits per heavy atom. The van der Waals surface area contributed by atoms with Gasteiger partial charge in [-0.1, -0.05) is 44.9 Å². The lowest BCUT2D eigenvalue weighted by atomic mass is 9.94. The number of amides is 1. The third-order valence-electron chi connectivity index (χ3n) is 5.66. The molecule has 1 aliphatic rings. The Balaban J connectivity index is 1.96. The Morgan fingerprint density at radius 1 is 1.20 bits per heavy atom. The molecule has 3 rings (SSSR count). The van der Waals surface area contributed by atoms with Crippen LogP contribution in [0.5, 0.6) is 0 Å². The van der Waals surface area contributed by atoms with Crippen molar-refractivity contribution in [3.8, 4) is 0 Å². The summed E-state index contributed by atoms with van der Waals surface area (Å²) in [5.74, 6) is 0.915. The highest BCUT2D eigenvalue weighted by atomic mass is 32.2. The third-order valence-corrected chi connectivity index (χ3v) is 6.62.